The molecule has 2 heterocycles. The monoisotopic (exact) mass is 388 g/mol. The van der Waals surface area contributed by atoms with Crippen LogP contribution >= 0.6 is 22.9 Å². The van der Waals surface area contributed by atoms with E-state index in [1.54, 1.807) is 11.3 Å². The highest BCUT2D eigenvalue weighted by Crippen LogP contribution is 2.24. The van der Waals surface area contributed by atoms with E-state index in [1.165, 1.54) is 10.9 Å². The Hall–Kier alpha value is -0.990. The summed E-state index contributed by atoms with van der Waals surface area (Å²) in [6, 6.07) is 7.23. The van der Waals surface area contributed by atoms with Crippen molar-refractivity contribution in [1.82, 2.24) is 9.62 Å². The minimum absolute atomic E-state index is 0.0825. The number of hydrogen-bond acceptors (Lipinski definition) is 4. The molecule has 1 unspecified atom stereocenters. The van der Waals surface area contributed by atoms with E-state index in [4.69, 9.17) is 11.6 Å². The molecule has 130 valence electrons. The van der Waals surface area contributed by atoms with Gasteiger partial charge in [-0.15, -0.1) is 11.3 Å². The van der Waals surface area contributed by atoms with Crippen molar-refractivity contribution >= 4 is 33.0 Å². The number of nitrogens with one attached hydrogen (secondary N) is 1. The number of halogens is 2. The van der Waals surface area contributed by atoms with Gasteiger partial charge in [0.2, 0.25) is 10.0 Å². The van der Waals surface area contributed by atoms with Gasteiger partial charge in [0.25, 0.3) is 0 Å². The van der Waals surface area contributed by atoms with Crippen LogP contribution in [0.1, 0.15) is 17.7 Å². The average molecular weight is 389 g/mol. The third-order valence-electron chi connectivity index (χ3n) is 3.97. The van der Waals surface area contributed by atoms with E-state index in [9.17, 15) is 12.8 Å². The molecule has 1 aliphatic rings. The summed E-state index contributed by atoms with van der Waals surface area (Å²) in [6.07, 6.45) is 1.70. The SMILES string of the molecule is O=S(=O)(NC1CCCN(Cc2cccs2)C1)c1ccc(F)cc1Cl. The van der Waals surface area contributed by atoms with Crippen molar-refractivity contribution in [2.45, 2.75) is 30.3 Å². The third kappa shape index (κ3) is 4.34. The lowest BCUT2D eigenvalue weighted by Gasteiger charge is -2.32. The Morgan fingerprint density at radius 2 is 2.21 bits per heavy atom. The number of piperidine rings is 1. The van der Waals surface area contributed by atoms with Crippen molar-refractivity contribution in [1.29, 1.82) is 0 Å². The van der Waals surface area contributed by atoms with Crippen LogP contribution in [0.4, 0.5) is 4.39 Å². The minimum Gasteiger partial charge on any atom is -0.297 e. The van der Waals surface area contributed by atoms with E-state index in [1.807, 2.05) is 11.4 Å². The summed E-state index contributed by atoms with van der Waals surface area (Å²) in [5.41, 5.74) is 0. The summed E-state index contributed by atoms with van der Waals surface area (Å²) in [4.78, 5) is 3.43. The number of rotatable bonds is 5. The molecule has 4 nitrogen and oxygen atoms in total. The molecular formula is C16H18ClFN2O2S2. The normalized spacial score (nSPS) is 19.5. The maximum atomic E-state index is 13.1. The molecular weight excluding hydrogens is 371 g/mol. The van der Waals surface area contributed by atoms with Crippen LogP contribution in [-0.2, 0) is 16.6 Å². The lowest BCUT2D eigenvalue weighted by molar-refractivity contribution is 0.196. The van der Waals surface area contributed by atoms with Crippen molar-refractivity contribution in [3.8, 4) is 0 Å². The second kappa shape index (κ2) is 7.49. The molecule has 2 aromatic rings. The number of thiophene rings is 1. The maximum absolute atomic E-state index is 13.1. The van der Waals surface area contributed by atoms with E-state index in [0.29, 0.717) is 6.54 Å². The lowest BCUT2D eigenvalue weighted by atomic mass is 10.1. The van der Waals surface area contributed by atoms with E-state index in [-0.39, 0.29) is 16.0 Å². The fourth-order valence-electron chi connectivity index (χ4n) is 2.89. The van der Waals surface area contributed by atoms with Gasteiger partial charge in [0.05, 0.1) is 5.02 Å². The van der Waals surface area contributed by atoms with Crippen LogP contribution in [-0.4, -0.2) is 32.4 Å². The first-order valence-electron chi connectivity index (χ1n) is 7.66. The molecule has 1 aromatic carbocycles. The average Bonchev–Trinajstić information content (AvgIpc) is 2.99. The van der Waals surface area contributed by atoms with Crippen molar-refractivity contribution in [3.05, 3.63) is 51.4 Å². The van der Waals surface area contributed by atoms with Crippen LogP contribution in [0, 0.1) is 5.82 Å². The molecule has 0 spiro atoms. The highest BCUT2D eigenvalue weighted by molar-refractivity contribution is 7.89. The quantitative estimate of drug-likeness (QED) is 0.853. The topological polar surface area (TPSA) is 49.4 Å². The van der Waals surface area contributed by atoms with Crippen molar-refractivity contribution in [2.75, 3.05) is 13.1 Å². The molecule has 1 aliphatic heterocycles. The molecule has 8 heteroatoms. The van der Waals surface area contributed by atoms with Crippen LogP contribution in [0.3, 0.4) is 0 Å². The second-order valence-corrected chi connectivity index (χ2v) is 8.97. The predicted octanol–water partition coefficient (Wildman–Crippen LogP) is 3.48. The van der Waals surface area contributed by atoms with Gasteiger partial charge in [-0.1, -0.05) is 17.7 Å². The summed E-state index contributed by atoms with van der Waals surface area (Å²) in [5, 5.41) is 1.93. The summed E-state index contributed by atoms with van der Waals surface area (Å²) in [7, 11) is -3.77. The zero-order chi connectivity index (χ0) is 17.2. The molecule has 1 atom stereocenters. The van der Waals surface area contributed by atoms with Crippen LogP contribution in [0.25, 0.3) is 0 Å². The Morgan fingerprint density at radius 3 is 2.92 bits per heavy atom. The van der Waals surface area contributed by atoms with Crippen LogP contribution < -0.4 is 4.72 Å². The van der Waals surface area contributed by atoms with Crippen LogP contribution in [0.15, 0.2) is 40.6 Å². The molecule has 0 amide bonds. The molecule has 0 radical (unpaired) electrons. The van der Waals surface area contributed by atoms with Crippen LogP contribution in [0.2, 0.25) is 5.02 Å². The number of sulfonamides is 1. The highest BCUT2D eigenvalue weighted by atomic mass is 35.5. The fourth-order valence-corrected chi connectivity index (χ4v) is 5.43. The summed E-state index contributed by atoms with van der Waals surface area (Å²) in [5.74, 6) is -0.557. The zero-order valence-electron chi connectivity index (χ0n) is 12.9. The van der Waals surface area contributed by atoms with Gasteiger partial charge in [0.15, 0.2) is 0 Å². The van der Waals surface area contributed by atoms with Gasteiger partial charge in [-0.2, -0.15) is 0 Å². The fraction of sp³-hybridized carbons (Fsp3) is 0.375. The van der Waals surface area contributed by atoms with Gasteiger partial charge in [-0.05, 0) is 49.0 Å². The van der Waals surface area contributed by atoms with Crippen LogP contribution in [0.5, 0.6) is 0 Å². The Morgan fingerprint density at radius 1 is 1.38 bits per heavy atom. The van der Waals surface area contributed by atoms with Gasteiger partial charge in [-0.25, -0.2) is 17.5 Å². The Bertz CT molecular complexity index is 796. The molecule has 24 heavy (non-hydrogen) atoms. The molecule has 1 saturated heterocycles. The highest BCUT2D eigenvalue weighted by Gasteiger charge is 2.26. The van der Waals surface area contributed by atoms with E-state index in [0.717, 1.165) is 38.1 Å². The first kappa shape index (κ1) is 17.8. The first-order valence-corrected chi connectivity index (χ1v) is 10.4. The molecule has 0 bridgehead atoms. The lowest BCUT2D eigenvalue weighted by Crippen LogP contribution is -2.47. The number of nitrogens with zero attached hydrogens (tertiary/aromatic N) is 1. The minimum atomic E-state index is -3.77. The molecule has 1 fully saturated rings. The van der Waals surface area contributed by atoms with Gasteiger partial charge >= 0.3 is 0 Å². The van der Waals surface area contributed by atoms with Crippen molar-refractivity contribution < 1.29 is 12.8 Å². The summed E-state index contributed by atoms with van der Waals surface area (Å²) in [6.45, 7) is 2.43. The van der Waals surface area contributed by atoms with Crippen molar-refractivity contribution in [2.24, 2.45) is 0 Å². The predicted molar refractivity (Wildman–Crippen MR) is 94.3 cm³/mol. The number of benzene rings is 1. The molecule has 3 rings (SSSR count). The molecule has 1 N–H and O–H groups in total. The van der Waals surface area contributed by atoms with E-state index in [2.05, 4.69) is 15.7 Å². The standard InChI is InChI=1S/C16H18ClFN2O2S2/c17-15-9-12(18)5-6-16(15)24(21,22)19-13-3-1-7-20(10-13)11-14-4-2-8-23-14/h2,4-6,8-9,13,19H,1,3,7,10-11H2. The summed E-state index contributed by atoms with van der Waals surface area (Å²) < 4.78 is 40.9. The molecule has 0 saturated carbocycles. The van der Waals surface area contributed by atoms with Gasteiger partial charge in [0, 0.05) is 24.0 Å². The Balaban J connectivity index is 1.68. The maximum Gasteiger partial charge on any atom is 0.242 e. The zero-order valence-corrected chi connectivity index (χ0v) is 15.3. The van der Waals surface area contributed by atoms with Gasteiger partial charge in [-0.3, -0.25) is 4.90 Å². The van der Waals surface area contributed by atoms with Gasteiger partial charge in [0.1, 0.15) is 10.7 Å². The summed E-state index contributed by atoms with van der Waals surface area (Å²) >= 11 is 7.58. The van der Waals surface area contributed by atoms with Crippen molar-refractivity contribution in [3.63, 3.8) is 0 Å². The molecule has 1 aromatic heterocycles. The van der Waals surface area contributed by atoms with E-state index < -0.39 is 15.8 Å². The Labute approximate surface area is 150 Å². The second-order valence-electron chi connectivity index (χ2n) is 5.85. The smallest absolute Gasteiger partial charge is 0.242 e. The van der Waals surface area contributed by atoms with Gasteiger partial charge < -0.3 is 0 Å². The third-order valence-corrected chi connectivity index (χ3v) is 6.83. The number of hydrogen-bond donors (Lipinski definition) is 1. The molecule has 0 aliphatic carbocycles. The first-order chi connectivity index (χ1) is 11.4. The largest absolute Gasteiger partial charge is 0.297 e. The van der Waals surface area contributed by atoms with E-state index >= 15 is 0 Å². The Kier molecular flexibility index (Phi) is 5.56. The number of likely N-dealkylation sites (tertiary alicyclic amines) is 1.